The van der Waals surface area contributed by atoms with Gasteiger partial charge >= 0.3 is 0 Å². The number of pyridine rings is 1. The number of hydrogen-bond acceptors (Lipinski definition) is 4. The van der Waals surface area contributed by atoms with Crippen LogP contribution in [0.1, 0.15) is 19.3 Å². The number of benzene rings is 1. The van der Waals surface area contributed by atoms with E-state index in [1.165, 1.54) is 0 Å². The monoisotopic (exact) mass is 359 g/mol. The molecule has 0 atom stereocenters. The number of imidazole rings is 1. The maximum absolute atomic E-state index is 12.8. The zero-order valence-electron chi connectivity index (χ0n) is 15.0. The van der Waals surface area contributed by atoms with Gasteiger partial charge in [0.05, 0.1) is 17.4 Å². The molecule has 4 rings (SSSR count). The molecule has 1 aromatic carbocycles. The van der Waals surface area contributed by atoms with Crippen LogP contribution in [0.2, 0.25) is 0 Å². The summed E-state index contributed by atoms with van der Waals surface area (Å²) >= 11 is 0. The first-order valence-corrected chi connectivity index (χ1v) is 9.19. The molecule has 3 heterocycles. The fourth-order valence-electron chi connectivity index (χ4n) is 3.26. The van der Waals surface area contributed by atoms with E-state index < -0.39 is 0 Å². The first-order chi connectivity index (χ1) is 13.3. The summed E-state index contributed by atoms with van der Waals surface area (Å²) in [7, 11) is 0. The molecule has 0 aliphatic rings. The van der Waals surface area contributed by atoms with Crippen LogP contribution in [0.15, 0.2) is 72.3 Å². The quantitative estimate of drug-likeness (QED) is 0.474. The van der Waals surface area contributed by atoms with Gasteiger partial charge in [-0.1, -0.05) is 18.2 Å². The van der Waals surface area contributed by atoms with E-state index in [1.807, 2.05) is 48.9 Å². The number of rotatable bonds is 7. The highest BCUT2D eigenvalue weighted by atomic mass is 16.1. The van der Waals surface area contributed by atoms with Gasteiger partial charge in [-0.2, -0.15) is 5.10 Å². The number of unbranched alkanes of at least 4 members (excludes halogenated alkanes) is 2. The third-order valence-electron chi connectivity index (χ3n) is 4.67. The van der Waals surface area contributed by atoms with Crippen LogP contribution in [0.3, 0.4) is 0 Å². The van der Waals surface area contributed by atoms with Crippen LogP contribution in [0.4, 0.5) is 0 Å². The molecule has 0 fully saturated rings. The number of fused-ring (bicyclic) bond motifs is 1. The molecule has 0 saturated carbocycles. The van der Waals surface area contributed by atoms with Gasteiger partial charge in [-0.3, -0.25) is 9.78 Å². The molecule has 3 aromatic heterocycles. The molecule has 0 radical (unpaired) electrons. The lowest BCUT2D eigenvalue weighted by Crippen LogP contribution is -2.24. The molecular formula is C21H21N5O. The lowest BCUT2D eigenvalue weighted by atomic mass is 10.1. The van der Waals surface area contributed by atoms with Crippen LogP contribution >= 0.6 is 0 Å². The van der Waals surface area contributed by atoms with E-state index in [9.17, 15) is 4.79 Å². The van der Waals surface area contributed by atoms with Crippen molar-refractivity contribution >= 4 is 10.8 Å². The molecule has 6 heteroatoms. The average molecular weight is 359 g/mol. The van der Waals surface area contributed by atoms with Crippen LogP contribution in [-0.2, 0) is 13.1 Å². The number of aryl methyl sites for hydroxylation is 2. The van der Waals surface area contributed by atoms with Gasteiger partial charge in [-0.25, -0.2) is 9.67 Å². The molecule has 27 heavy (non-hydrogen) atoms. The maximum Gasteiger partial charge on any atom is 0.274 e. The highest BCUT2D eigenvalue weighted by Crippen LogP contribution is 2.23. The second kappa shape index (κ2) is 7.95. The molecule has 0 amide bonds. The first-order valence-electron chi connectivity index (χ1n) is 9.19. The molecule has 0 N–H and O–H groups in total. The van der Waals surface area contributed by atoms with Crippen molar-refractivity contribution in [1.29, 1.82) is 0 Å². The van der Waals surface area contributed by atoms with Crippen LogP contribution in [0.5, 0.6) is 0 Å². The number of nitrogens with zero attached hydrogens (tertiary/aromatic N) is 5. The average Bonchev–Trinajstić information content (AvgIpc) is 3.24. The summed E-state index contributed by atoms with van der Waals surface area (Å²) in [5, 5.41) is 6.27. The Morgan fingerprint density at radius 3 is 2.37 bits per heavy atom. The molecule has 6 nitrogen and oxygen atoms in total. The van der Waals surface area contributed by atoms with Gasteiger partial charge in [0.1, 0.15) is 0 Å². The Kier molecular flexibility index (Phi) is 5.05. The van der Waals surface area contributed by atoms with Crippen molar-refractivity contribution in [3.05, 3.63) is 77.9 Å². The van der Waals surface area contributed by atoms with Gasteiger partial charge in [0.25, 0.3) is 5.56 Å². The minimum atomic E-state index is -0.0296. The zero-order valence-corrected chi connectivity index (χ0v) is 15.0. The lowest BCUT2D eigenvalue weighted by Gasteiger charge is -2.11. The lowest BCUT2D eigenvalue weighted by molar-refractivity contribution is 0.507. The van der Waals surface area contributed by atoms with Crippen LogP contribution in [0.25, 0.3) is 22.0 Å². The summed E-state index contributed by atoms with van der Waals surface area (Å²) in [5.41, 5.74) is 1.76. The Morgan fingerprint density at radius 2 is 1.59 bits per heavy atom. The van der Waals surface area contributed by atoms with Crippen molar-refractivity contribution in [2.45, 2.75) is 32.4 Å². The fraction of sp³-hybridized carbons (Fsp3) is 0.238. The largest absolute Gasteiger partial charge is 0.337 e. The molecule has 0 bridgehead atoms. The smallest absolute Gasteiger partial charge is 0.274 e. The number of aromatic nitrogens is 5. The molecule has 0 spiro atoms. The van der Waals surface area contributed by atoms with Crippen LogP contribution in [0, 0.1) is 0 Å². The summed E-state index contributed by atoms with van der Waals surface area (Å²) < 4.78 is 3.68. The highest BCUT2D eigenvalue weighted by molar-refractivity contribution is 5.93. The van der Waals surface area contributed by atoms with E-state index in [0.717, 1.165) is 42.5 Å². The van der Waals surface area contributed by atoms with Crippen LogP contribution in [-0.4, -0.2) is 24.3 Å². The summed E-state index contributed by atoms with van der Waals surface area (Å²) in [6, 6.07) is 11.5. The molecule has 0 saturated heterocycles. The van der Waals surface area contributed by atoms with Crippen molar-refractivity contribution in [2.75, 3.05) is 0 Å². The summed E-state index contributed by atoms with van der Waals surface area (Å²) in [6.45, 7) is 1.56. The first kappa shape index (κ1) is 17.1. The molecule has 0 unspecified atom stereocenters. The third kappa shape index (κ3) is 3.79. The summed E-state index contributed by atoms with van der Waals surface area (Å²) in [6.07, 6.45) is 12.1. The second-order valence-corrected chi connectivity index (χ2v) is 6.52. The minimum absolute atomic E-state index is 0.0296. The number of hydrogen-bond donors (Lipinski definition) is 0. The normalized spacial score (nSPS) is 11.1. The van der Waals surface area contributed by atoms with E-state index in [1.54, 1.807) is 23.3 Å². The van der Waals surface area contributed by atoms with Gasteiger partial charge in [-0.05, 0) is 37.5 Å². The van der Waals surface area contributed by atoms with E-state index >= 15 is 0 Å². The predicted octanol–water partition coefficient (Wildman–Crippen LogP) is 3.53. The van der Waals surface area contributed by atoms with Gasteiger partial charge in [0.2, 0.25) is 0 Å². The Morgan fingerprint density at radius 1 is 0.815 bits per heavy atom. The van der Waals surface area contributed by atoms with Crippen molar-refractivity contribution < 1.29 is 0 Å². The Bertz CT molecular complexity index is 1070. The molecule has 0 aliphatic heterocycles. The predicted molar refractivity (Wildman–Crippen MR) is 105 cm³/mol. The van der Waals surface area contributed by atoms with E-state index in [-0.39, 0.29) is 5.56 Å². The van der Waals surface area contributed by atoms with Gasteiger partial charge in [-0.15, -0.1) is 0 Å². The third-order valence-corrected chi connectivity index (χ3v) is 4.67. The minimum Gasteiger partial charge on any atom is -0.337 e. The standard InChI is InChI=1S/C21H21N5O/c27-21-19-7-3-2-6-18(19)20(17-8-10-22-11-9-17)24-26(21)14-5-1-4-13-25-15-12-23-16-25/h2-3,6-12,15-16H,1,4-5,13-14H2. The molecule has 0 aliphatic carbocycles. The van der Waals surface area contributed by atoms with Crippen molar-refractivity contribution in [3.8, 4) is 11.3 Å². The highest BCUT2D eigenvalue weighted by Gasteiger charge is 2.11. The maximum atomic E-state index is 12.8. The Balaban J connectivity index is 1.55. The Hall–Kier alpha value is -3.28. The van der Waals surface area contributed by atoms with Crippen LogP contribution < -0.4 is 5.56 Å². The fourth-order valence-corrected chi connectivity index (χ4v) is 3.26. The zero-order chi connectivity index (χ0) is 18.5. The van der Waals surface area contributed by atoms with Crippen molar-refractivity contribution in [2.24, 2.45) is 0 Å². The topological polar surface area (TPSA) is 65.6 Å². The van der Waals surface area contributed by atoms with E-state index in [2.05, 4.69) is 19.6 Å². The summed E-state index contributed by atoms with van der Waals surface area (Å²) in [4.78, 5) is 21.0. The van der Waals surface area contributed by atoms with Crippen molar-refractivity contribution in [1.82, 2.24) is 24.3 Å². The molecule has 4 aromatic rings. The summed E-state index contributed by atoms with van der Waals surface area (Å²) in [5.74, 6) is 0. The second-order valence-electron chi connectivity index (χ2n) is 6.52. The Labute approximate surface area is 157 Å². The van der Waals surface area contributed by atoms with E-state index in [4.69, 9.17) is 0 Å². The van der Waals surface area contributed by atoms with Gasteiger partial charge in [0.15, 0.2) is 0 Å². The van der Waals surface area contributed by atoms with Crippen molar-refractivity contribution in [3.63, 3.8) is 0 Å². The molecule has 136 valence electrons. The SMILES string of the molecule is O=c1c2ccccc2c(-c2ccncc2)nn1CCCCCn1ccnc1. The van der Waals surface area contributed by atoms with Gasteiger partial charge in [0, 0.05) is 48.8 Å². The molecular weight excluding hydrogens is 338 g/mol. The van der Waals surface area contributed by atoms with Gasteiger partial charge < -0.3 is 4.57 Å². The van der Waals surface area contributed by atoms with E-state index in [0.29, 0.717) is 11.9 Å².